The monoisotopic (exact) mass is 370 g/mol. The van der Waals surface area contributed by atoms with E-state index in [0.29, 0.717) is 11.4 Å². The topological polar surface area (TPSA) is 42.0 Å². The zero-order chi connectivity index (χ0) is 18.0. The van der Waals surface area contributed by atoms with Gasteiger partial charge in [0.2, 0.25) is 5.91 Å². The van der Waals surface area contributed by atoms with Crippen LogP contribution in [0.3, 0.4) is 0 Å². The van der Waals surface area contributed by atoms with Gasteiger partial charge in [-0.1, -0.05) is 47.5 Å². The molecule has 0 radical (unpaired) electrons. The second-order valence-electron chi connectivity index (χ2n) is 6.01. The number of benzene rings is 2. The molecule has 0 aliphatic heterocycles. The Bertz CT molecular complexity index is 916. The van der Waals surface area contributed by atoms with E-state index in [4.69, 9.17) is 11.6 Å². The Hall–Kier alpha value is -2.17. The van der Waals surface area contributed by atoms with Gasteiger partial charge >= 0.3 is 0 Å². The number of carbonyl (C=O) groups excluding carboxylic acids is 1. The van der Waals surface area contributed by atoms with Crippen molar-refractivity contribution in [3.8, 4) is 11.3 Å². The van der Waals surface area contributed by atoms with E-state index in [2.05, 4.69) is 29.4 Å². The summed E-state index contributed by atoms with van der Waals surface area (Å²) >= 11 is 7.68. The van der Waals surface area contributed by atoms with Crippen LogP contribution >= 0.6 is 22.9 Å². The molecule has 0 atom stereocenters. The fraction of sp³-hybridized carbons (Fsp3) is 0.200. The number of amides is 1. The molecule has 1 amide bonds. The number of aryl methyl sites for hydroxylation is 2. The van der Waals surface area contributed by atoms with E-state index in [9.17, 15) is 4.79 Å². The number of aromatic nitrogens is 1. The average molecular weight is 371 g/mol. The number of thiazole rings is 1. The molecule has 5 heteroatoms. The number of hydrogen-bond donors (Lipinski definition) is 1. The van der Waals surface area contributed by atoms with Gasteiger partial charge in [0.1, 0.15) is 0 Å². The summed E-state index contributed by atoms with van der Waals surface area (Å²) in [4.78, 5) is 18.1. The van der Waals surface area contributed by atoms with Crippen molar-refractivity contribution in [2.75, 3.05) is 5.32 Å². The maximum atomic E-state index is 12.5. The summed E-state index contributed by atoms with van der Waals surface area (Å²) in [5.74, 6) is -0.0672. The minimum Gasteiger partial charge on any atom is -0.325 e. The minimum atomic E-state index is -0.0672. The van der Waals surface area contributed by atoms with Crippen LogP contribution in [0.4, 0.5) is 5.69 Å². The summed E-state index contributed by atoms with van der Waals surface area (Å²) in [6.45, 7) is 5.91. The predicted octanol–water partition coefficient (Wildman–Crippen LogP) is 5.57. The van der Waals surface area contributed by atoms with Gasteiger partial charge in [0, 0.05) is 21.2 Å². The van der Waals surface area contributed by atoms with Crippen LogP contribution in [-0.2, 0) is 11.2 Å². The first-order valence-electron chi connectivity index (χ1n) is 8.02. The standard InChI is InChI=1S/C20H19ClN2OS/c1-12-7-9-15(10-8-12)20-18(25-14(3)22-20)11-19(24)23-17-6-4-5-16(21)13(17)2/h4-10H,11H2,1-3H3,(H,23,24). The third kappa shape index (κ3) is 4.09. The van der Waals surface area contributed by atoms with Crippen molar-refractivity contribution in [2.24, 2.45) is 0 Å². The zero-order valence-electron chi connectivity index (χ0n) is 14.4. The maximum absolute atomic E-state index is 12.5. The quantitative estimate of drug-likeness (QED) is 0.652. The Morgan fingerprint density at radius 3 is 2.56 bits per heavy atom. The van der Waals surface area contributed by atoms with E-state index in [1.807, 2.05) is 44.2 Å². The van der Waals surface area contributed by atoms with Crippen LogP contribution in [0.25, 0.3) is 11.3 Å². The third-order valence-electron chi connectivity index (χ3n) is 3.99. The predicted molar refractivity (Wildman–Crippen MR) is 106 cm³/mol. The van der Waals surface area contributed by atoms with E-state index in [1.54, 1.807) is 11.3 Å². The van der Waals surface area contributed by atoms with Gasteiger partial charge in [0.15, 0.2) is 0 Å². The molecule has 1 N–H and O–H groups in total. The van der Waals surface area contributed by atoms with Crippen molar-refractivity contribution >= 4 is 34.5 Å². The first-order chi connectivity index (χ1) is 11.9. The molecule has 0 saturated carbocycles. The molecule has 128 valence electrons. The van der Waals surface area contributed by atoms with Crippen LogP contribution in [0.15, 0.2) is 42.5 Å². The van der Waals surface area contributed by atoms with Gasteiger partial charge in [-0.25, -0.2) is 4.98 Å². The molecule has 3 aromatic rings. The molecular weight excluding hydrogens is 352 g/mol. The second kappa shape index (κ2) is 7.38. The van der Waals surface area contributed by atoms with Crippen LogP contribution in [-0.4, -0.2) is 10.9 Å². The van der Waals surface area contributed by atoms with Gasteiger partial charge in [-0.05, 0) is 38.5 Å². The summed E-state index contributed by atoms with van der Waals surface area (Å²) in [6, 6.07) is 13.7. The smallest absolute Gasteiger partial charge is 0.229 e. The molecule has 0 aliphatic carbocycles. The zero-order valence-corrected chi connectivity index (χ0v) is 16.0. The van der Waals surface area contributed by atoms with Crippen molar-refractivity contribution in [1.29, 1.82) is 0 Å². The lowest BCUT2D eigenvalue weighted by Crippen LogP contribution is -2.15. The average Bonchev–Trinajstić information content (AvgIpc) is 2.93. The highest BCUT2D eigenvalue weighted by Gasteiger charge is 2.15. The maximum Gasteiger partial charge on any atom is 0.229 e. The number of carbonyl (C=O) groups is 1. The van der Waals surface area contributed by atoms with Gasteiger partial charge in [-0.3, -0.25) is 4.79 Å². The number of halogens is 1. The normalized spacial score (nSPS) is 10.7. The van der Waals surface area contributed by atoms with Crippen molar-refractivity contribution in [3.63, 3.8) is 0 Å². The Morgan fingerprint density at radius 1 is 1.12 bits per heavy atom. The highest BCUT2D eigenvalue weighted by Crippen LogP contribution is 2.29. The van der Waals surface area contributed by atoms with Crippen LogP contribution in [0.1, 0.15) is 21.0 Å². The minimum absolute atomic E-state index is 0.0672. The van der Waals surface area contributed by atoms with Crippen LogP contribution in [0, 0.1) is 20.8 Å². The molecule has 2 aromatic carbocycles. The first kappa shape index (κ1) is 17.6. The highest BCUT2D eigenvalue weighted by molar-refractivity contribution is 7.12. The summed E-state index contributed by atoms with van der Waals surface area (Å²) in [5, 5.41) is 4.55. The number of rotatable bonds is 4. The highest BCUT2D eigenvalue weighted by atomic mass is 35.5. The summed E-state index contributed by atoms with van der Waals surface area (Å²) in [7, 11) is 0. The molecule has 1 heterocycles. The molecule has 1 aromatic heterocycles. The fourth-order valence-corrected chi connectivity index (χ4v) is 3.74. The van der Waals surface area contributed by atoms with Crippen molar-refractivity contribution in [1.82, 2.24) is 4.98 Å². The Morgan fingerprint density at radius 2 is 1.84 bits per heavy atom. The lowest BCUT2D eigenvalue weighted by molar-refractivity contribution is -0.115. The number of hydrogen-bond acceptors (Lipinski definition) is 3. The third-order valence-corrected chi connectivity index (χ3v) is 5.37. The van der Waals surface area contributed by atoms with E-state index < -0.39 is 0 Å². The fourth-order valence-electron chi connectivity index (χ4n) is 2.61. The van der Waals surface area contributed by atoms with E-state index in [1.165, 1.54) is 5.56 Å². The molecule has 0 aliphatic rings. The van der Waals surface area contributed by atoms with E-state index in [0.717, 1.165) is 32.4 Å². The van der Waals surface area contributed by atoms with Gasteiger partial charge in [-0.15, -0.1) is 11.3 Å². The summed E-state index contributed by atoms with van der Waals surface area (Å²) < 4.78 is 0. The Balaban J connectivity index is 1.82. The van der Waals surface area contributed by atoms with Gasteiger partial charge in [0.25, 0.3) is 0 Å². The van der Waals surface area contributed by atoms with Crippen molar-refractivity contribution < 1.29 is 4.79 Å². The van der Waals surface area contributed by atoms with E-state index in [-0.39, 0.29) is 5.91 Å². The molecule has 3 nitrogen and oxygen atoms in total. The number of nitrogens with one attached hydrogen (secondary N) is 1. The molecule has 0 saturated heterocycles. The molecule has 25 heavy (non-hydrogen) atoms. The van der Waals surface area contributed by atoms with Gasteiger partial charge in [0.05, 0.1) is 17.1 Å². The van der Waals surface area contributed by atoms with Crippen molar-refractivity contribution in [2.45, 2.75) is 27.2 Å². The van der Waals surface area contributed by atoms with Gasteiger partial charge < -0.3 is 5.32 Å². The van der Waals surface area contributed by atoms with Crippen LogP contribution < -0.4 is 5.32 Å². The summed E-state index contributed by atoms with van der Waals surface area (Å²) in [6.07, 6.45) is 0.292. The lowest BCUT2D eigenvalue weighted by Gasteiger charge is -2.09. The first-order valence-corrected chi connectivity index (χ1v) is 9.22. The molecular formula is C20H19ClN2OS. The molecule has 0 spiro atoms. The van der Waals surface area contributed by atoms with Crippen LogP contribution in [0.2, 0.25) is 5.02 Å². The second-order valence-corrected chi connectivity index (χ2v) is 7.70. The lowest BCUT2D eigenvalue weighted by atomic mass is 10.1. The number of nitrogens with zero attached hydrogens (tertiary/aromatic N) is 1. The Kier molecular flexibility index (Phi) is 5.21. The summed E-state index contributed by atoms with van der Waals surface area (Å²) in [5.41, 5.74) is 4.75. The SMILES string of the molecule is Cc1ccc(-c2nc(C)sc2CC(=O)Nc2cccc(Cl)c2C)cc1. The Labute approximate surface area is 156 Å². The molecule has 3 rings (SSSR count). The van der Waals surface area contributed by atoms with Crippen molar-refractivity contribution in [3.05, 3.63) is 68.5 Å². The molecule has 0 unspecified atom stereocenters. The number of anilines is 1. The van der Waals surface area contributed by atoms with E-state index >= 15 is 0 Å². The van der Waals surface area contributed by atoms with Crippen LogP contribution in [0.5, 0.6) is 0 Å². The molecule has 0 bridgehead atoms. The molecule has 0 fully saturated rings. The largest absolute Gasteiger partial charge is 0.325 e. The van der Waals surface area contributed by atoms with Gasteiger partial charge in [-0.2, -0.15) is 0 Å².